The number of carbonyl (C=O) groups excluding carboxylic acids is 2. The SMILES string of the molecule is CCC(C)OC(=O)[C]=C(c1cccnc1)N1C(=O)OC[C@H]1c1ccccc1. The molecule has 2 heterocycles. The van der Waals surface area contributed by atoms with Crippen LogP contribution in [0, 0.1) is 6.08 Å². The van der Waals surface area contributed by atoms with Crippen molar-refractivity contribution in [2.45, 2.75) is 32.4 Å². The van der Waals surface area contributed by atoms with Crippen molar-refractivity contribution in [1.29, 1.82) is 0 Å². The normalized spacial score (nSPS) is 18.1. The van der Waals surface area contributed by atoms with Crippen LogP contribution in [0.15, 0.2) is 54.9 Å². The fraction of sp³-hybridized carbons (Fsp3) is 0.286. The first-order valence-corrected chi connectivity index (χ1v) is 8.86. The molecule has 0 aliphatic carbocycles. The summed E-state index contributed by atoms with van der Waals surface area (Å²) in [5, 5.41) is 0. The van der Waals surface area contributed by atoms with Crippen molar-refractivity contribution in [3.05, 3.63) is 72.1 Å². The number of rotatable bonds is 6. The van der Waals surface area contributed by atoms with Gasteiger partial charge in [-0.1, -0.05) is 37.3 Å². The van der Waals surface area contributed by atoms with E-state index < -0.39 is 12.1 Å². The van der Waals surface area contributed by atoms with Crippen LogP contribution >= 0.6 is 0 Å². The Morgan fingerprint density at radius 3 is 2.78 bits per heavy atom. The summed E-state index contributed by atoms with van der Waals surface area (Å²) in [5.41, 5.74) is 1.77. The van der Waals surface area contributed by atoms with Gasteiger partial charge in [0.2, 0.25) is 0 Å². The summed E-state index contributed by atoms with van der Waals surface area (Å²) >= 11 is 0. The fourth-order valence-corrected chi connectivity index (χ4v) is 2.76. The summed E-state index contributed by atoms with van der Waals surface area (Å²) < 4.78 is 10.6. The molecule has 6 heteroatoms. The molecule has 1 aliphatic heterocycles. The molecular formula is C21H21N2O4. The molecule has 1 saturated heterocycles. The molecule has 1 fully saturated rings. The van der Waals surface area contributed by atoms with Gasteiger partial charge >= 0.3 is 12.1 Å². The first-order valence-electron chi connectivity index (χ1n) is 8.86. The molecule has 3 rings (SSSR count). The second-order valence-corrected chi connectivity index (χ2v) is 6.21. The van der Waals surface area contributed by atoms with E-state index in [4.69, 9.17) is 9.47 Å². The molecule has 0 saturated carbocycles. The third-order valence-electron chi connectivity index (χ3n) is 4.34. The zero-order chi connectivity index (χ0) is 19.2. The first-order chi connectivity index (χ1) is 13.1. The van der Waals surface area contributed by atoms with Gasteiger partial charge in [-0.05, 0) is 31.0 Å². The van der Waals surface area contributed by atoms with Gasteiger partial charge in [0.05, 0.1) is 17.8 Å². The summed E-state index contributed by atoms with van der Waals surface area (Å²) in [4.78, 5) is 30.4. The molecule has 2 atom stereocenters. The minimum atomic E-state index is -0.630. The zero-order valence-corrected chi connectivity index (χ0v) is 15.3. The van der Waals surface area contributed by atoms with Gasteiger partial charge in [0.15, 0.2) is 0 Å². The number of nitrogens with zero attached hydrogens (tertiary/aromatic N) is 2. The number of pyridine rings is 1. The van der Waals surface area contributed by atoms with Crippen molar-refractivity contribution < 1.29 is 19.1 Å². The van der Waals surface area contributed by atoms with Gasteiger partial charge in [0.25, 0.3) is 0 Å². The van der Waals surface area contributed by atoms with Gasteiger partial charge in [0.1, 0.15) is 12.7 Å². The molecule has 1 aliphatic rings. The molecule has 6 nitrogen and oxygen atoms in total. The first kappa shape index (κ1) is 18.6. The van der Waals surface area contributed by atoms with Crippen molar-refractivity contribution in [2.24, 2.45) is 0 Å². The topological polar surface area (TPSA) is 68.7 Å². The average Bonchev–Trinajstić information content (AvgIpc) is 3.08. The molecule has 139 valence electrons. The maximum absolute atomic E-state index is 12.5. The van der Waals surface area contributed by atoms with E-state index >= 15 is 0 Å². The Labute approximate surface area is 158 Å². The van der Waals surface area contributed by atoms with Crippen LogP contribution in [0.25, 0.3) is 5.70 Å². The number of carbonyl (C=O) groups is 2. The van der Waals surface area contributed by atoms with E-state index in [0.29, 0.717) is 12.0 Å². The number of hydrogen-bond donors (Lipinski definition) is 0. The Morgan fingerprint density at radius 1 is 1.33 bits per heavy atom. The quantitative estimate of drug-likeness (QED) is 0.576. The highest BCUT2D eigenvalue weighted by molar-refractivity contribution is 5.92. The molecule has 27 heavy (non-hydrogen) atoms. The molecule has 1 unspecified atom stereocenters. The summed E-state index contributed by atoms with van der Waals surface area (Å²) in [6.45, 7) is 3.92. The Balaban J connectivity index is 2.01. The number of hydrogen-bond acceptors (Lipinski definition) is 5. The van der Waals surface area contributed by atoms with E-state index in [9.17, 15) is 9.59 Å². The Hall–Kier alpha value is -3.15. The lowest BCUT2D eigenvalue weighted by Gasteiger charge is -2.24. The fourth-order valence-electron chi connectivity index (χ4n) is 2.76. The number of benzene rings is 1. The van der Waals surface area contributed by atoms with Gasteiger partial charge in [-0.25, -0.2) is 9.59 Å². The predicted octanol–water partition coefficient (Wildman–Crippen LogP) is 3.76. The zero-order valence-electron chi connectivity index (χ0n) is 15.3. The number of amides is 1. The minimum Gasteiger partial charge on any atom is -0.459 e. The Morgan fingerprint density at radius 2 is 2.11 bits per heavy atom. The molecule has 2 aromatic rings. The third-order valence-corrected chi connectivity index (χ3v) is 4.34. The maximum atomic E-state index is 12.5. The third kappa shape index (κ3) is 4.34. The monoisotopic (exact) mass is 365 g/mol. The average molecular weight is 365 g/mol. The van der Waals surface area contributed by atoms with Gasteiger partial charge in [-0.3, -0.25) is 9.88 Å². The van der Waals surface area contributed by atoms with E-state index in [-0.39, 0.29) is 24.4 Å². The summed E-state index contributed by atoms with van der Waals surface area (Å²) in [7, 11) is 0. The summed E-state index contributed by atoms with van der Waals surface area (Å²) in [6.07, 6.45) is 5.82. The van der Waals surface area contributed by atoms with Crippen LogP contribution in [0.5, 0.6) is 0 Å². The highest BCUT2D eigenvalue weighted by Crippen LogP contribution is 2.35. The lowest BCUT2D eigenvalue weighted by atomic mass is 10.0. The van der Waals surface area contributed by atoms with Crippen LogP contribution in [0.4, 0.5) is 4.79 Å². The van der Waals surface area contributed by atoms with Crippen LogP contribution in [-0.4, -0.2) is 34.7 Å². The molecule has 1 aromatic carbocycles. The number of aromatic nitrogens is 1. The second kappa shape index (κ2) is 8.49. The lowest BCUT2D eigenvalue weighted by Crippen LogP contribution is -2.27. The van der Waals surface area contributed by atoms with E-state index in [0.717, 1.165) is 5.56 Å². The van der Waals surface area contributed by atoms with Gasteiger partial charge in [-0.2, -0.15) is 0 Å². The molecule has 1 radical (unpaired) electrons. The van der Waals surface area contributed by atoms with Crippen molar-refractivity contribution in [3.63, 3.8) is 0 Å². The highest BCUT2D eigenvalue weighted by atomic mass is 16.6. The molecule has 1 amide bonds. The molecule has 0 bridgehead atoms. The largest absolute Gasteiger partial charge is 0.459 e. The van der Waals surface area contributed by atoms with Crippen LogP contribution in [-0.2, 0) is 14.3 Å². The molecule has 1 aromatic heterocycles. The smallest absolute Gasteiger partial charge is 0.415 e. The van der Waals surface area contributed by atoms with Crippen molar-refractivity contribution >= 4 is 17.8 Å². The molecule has 0 N–H and O–H groups in total. The van der Waals surface area contributed by atoms with E-state index in [2.05, 4.69) is 11.1 Å². The van der Waals surface area contributed by atoms with Crippen LogP contribution < -0.4 is 0 Å². The standard InChI is InChI=1S/C21H21N2O4/c1-3-15(2)27-20(24)12-18(17-10-7-11-22-13-17)23-19(14-26-21(23)25)16-8-5-4-6-9-16/h4-11,13,15,19H,3,14H2,1-2H3/t15?,19-/m0/s1. The Bertz CT molecular complexity index is 821. The van der Waals surface area contributed by atoms with E-state index in [1.165, 1.54) is 4.90 Å². The van der Waals surface area contributed by atoms with Crippen LogP contribution in [0.3, 0.4) is 0 Å². The highest BCUT2D eigenvalue weighted by Gasteiger charge is 2.37. The number of esters is 1. The van der Waals surface area contributed by atoms with Crippen molar-refractivity contribution in [3.8, 4) is 0 Å². The number of ether oxygens (including phenoxy) is 2. The Kier molecular flexibility index (Phi) is 5.86. The minimum absolute atomic E-state index is 0.189. The number of cyclic esters (lactones) is 1. The van der Waals surface area contributed by atoms with Crippen molar-refractivity contribution in [2.75, 3.05) is 6.61 Å². The summed E-state index contributed by atoms with van der Waals surface area (Å²) in [6, 6.07) is 12.7. The maximum Gasteiger partial charge on any atom is 0.415 e. The van der Waals surface area contributed by atoms with E-state index in [1.807, 2.05) is 37.3 Å². The van der Waals surface area contributed by atoms with Gasteiger partial charge < -0.3 is 9.47 Å². The molecular weight excluding hydrogens is 344 g/mol. The van der Waals surface area contributed by atoms with Crippen molar-refractivity contribution in [1.82, 2.24) is 9.88 Å². The van der Waals surface area contributed by atoms with Crippen LogP contribution in [0.1, 0.15) is 37.4 Å². The van der Waals surface area contributed by atoms with Gasteiger partial charge in [-0.15, -0.1) is 0 Å². The summed E-state index contributed by atoms with van der Waals surface area (Å²) in [5.74, 6) is -0.630. The van der Waals surface area contributed by atoms with Crippen LogP contribution in [0.2, 0.25) is 0 Å². The predicted molar refractivity (Wildman–Crippen MR) is 99.1 cm³/mol. The van der Waals surface area contributed by atoms with Gasteiger partial charge in [0, 0.05) is 18.0 Å². The molecule has 0 spiro atoms. The lowest BCUT2D eigenvalue weighted by molar-refractivity contribution is -0.143. The van der Waals surface area contributed by atoms with E-state index in [1.54, 1.807) is 31.5 Å². The second-order valence-electron chi connectivity index (χ2n) is 6.21.